The van der Waals surface area contributed by atoms with Gasteiger partial charge < -0.3 is 4.43 Å². The van der Waals surface area contributed by atoms with Crippen LogP contribution in [0.25, 0.3) is 0 Å². The first-order valence-electron chi connectivity index (χ1n) is 6.25. The molecule has 0 N–H and O–H groups in total. The molecule has 0 amide bonds. The molecule has 0 spiro atoms. The molecule has 0 atom stereocenters. The van der Waals surface area contributed by atoms with E-state index < -0.39 is 9.04 Å². The third-order valence-electron chi connectivity index (χ3n) is 2.44. The normalized spacial score (nSPS) is 11.1. The van der Waals surface area contributed by atoms with Crippen molar-refractivity contribution in [2.75, 3.05) is 0 Å². The van der Waals surface area contributed by atoms with Crippen molar-refractivity contribution in [3.8, 4) is 5.75 Å². The standard InChI is InChI=1S/C15H17N2OSi/c1-19(2)18-15-9-4-3-8-14(15)17-12-10-13-7-5-6-11-16-13/h3-9,11-12H,10H2,1-2H3. The van der Waals surface area contributed by atoms with Crippen molar-refractivity contribution in [3.05, 3.63) is 54.4 Å². The quantitative estimate of drug-likeness (QED) is 0.613. The Balaban J connectivity index is 2.06. The third kappa shape index (κ3) is 4.33. The van der Waals surface area contributed by atoms with Crippen molar-refractivity contribution in [1.82, 2.24) is 4.98 Å². The highest BCUT2D eigenvalue weighted by atomic mass is 28.3. The summed E-state index contributed by atoms with van der Waals surface area (Å²) in [7, 11) is -0.771. The highest BCUT2D eigenvalue weighted by molar-refractivity contribution is 6.49. The second kappa shape index (κ2) is 6.85. The number of hydrogen-bond acceptors (Lipinski definition) is 3. The average Bonchev–Trinajstić information content (AvgIpc) is 2.41. The van der Waals surface area contributed by atoms with Gasteiger partial charge in [-0.2, -0.15) is 0 Å². The maximum Gasteiger partial charge on any atom is 0.274 e. The molecule has 0 saturated heterocycles. The zero-order valence-corrected chi connectivity index (χ0v) is 12.2. The van der Waals surface area contributed by atoms with Crippen molar-refractivity contribution < 1.29 is 4.43 Å². The molecule has 0 unspecified atom stereocenters. The topological polar surface area (TPSA) is 34.5 Å². The average molecular weight is 269 g/mol. The molecule has 0 fully saturated rings. The first-order chi connectivity index (χ1) is 9.25. The van der Waals surface area contributed by atoms with Crippen molar-refractivity contribution in [2.45, 2.75) is 19.5 Å². The van der Waals surface area contributed by atoms with Crippen LogP contribution < -0.4 is 4.43 Å². The zero-order valence-electron chi connectivity index (χ0n) is 11.2. The predicted octanol–water partition coefficient (Wildman–Crippen LogP) is 3.66. The third-order valence-corrected chi connectivity index (χ3v) is 3.06. The lowest BCUT2D eigenvalue weighted by atomic mass is 10.3. The Labute approximate surface area is 115 Å². The summed E-state index contributed by atoms with van der Waals surface area (Å²) >= 11 is 0. The predicted molar refractivity (Wildman–Crippen MR) is 80.6 cm³/mol. The van der Waals surface area contributed by atoms with E-state index in [1.165, 1.54) is 0 Å². The molecule has 2 rings (SSSR count). The summed E-state index contributed by atoms with van der Waals surface area (Å²) < 4.78 is 5.82. The molecule has 4 heteroatoms. The van der Waals surface area contributed by atoms with E-state index in [4.69, 9.17) is 4.43 Å². The molecule has 19 heavy (non-hydrogen) atoms. The van der Waals surface area contributed by atoms with Crippen LogP contribution in [0.2, 0.25) is 13.1 Å². The summed E-state index contributed by atoms with van der Waals surface area (Å²) in [6.07, 6.45) is 4.40. The minimum Gasteiger partial charge on any atom is -0.541 e. The molecule has 0 aliphatic carbocycles. The summed E-state index contributed by atoms with van der Waals surface area (Å²) in [4.78, 5) is 8.74. The highest BCUT2D eigenvalue weighted by Gasteiger charge is 2.04. The second-order valence-corrected chi connectivity index (χ2v) is 6.34. The van der Waals surface area contributed by atoms with Gasteiger partial charge in [-0.15, -0.1) is 0 Å². The van der Waals surface area contributed by atoms with Gasteiger partial charge in [0.1, 0.15) is 11.4 Å². The first kappa shape index (κ1) is 13.5. The lowest BCUT2D eigenvalue weighted by Crippen LogP contribution is -2.11. The number of pyridine rings is 1. The fraction of sp³-hybridized carbons (Fsp3) is 0.200. The van der Waals surface area contributed by atoms with Gasteiger partial charge in [0.25, 0.3) is 9.04 Å². The van der Waals surface area contributed by atoms with E-state index in [0.717, 1.165) is 23.6 Å². The number of aliphatic imine (C=N–C) groups is 1. The van der Waals surface area contributed by atoms with Crippen LogP contribution in [0.5, 0.6) is 5.75 Å². The summed E-state index contributed by atoms with van der Waals surface area (Å²) in [5, 5.41) is 0. The van der Waals surface area contributed by atoms with E-state index >= 15 is 0 Å². The Morgan fingerprint density at radius 3 is 2.68 bits per heavy atom. The van der Waals surface area contributed by atoms with Gasteiger partial charge in [0.2, 0.25) is 0 Å². The SMILES string of the molecule is C[Si](C)Oc1ccccc1N=CCc1ccccn1. The maximum atomic E-state index is 5.82. The van der Waals surface area contributed by atoms with Crippen LogP contribution in [0.3, 0.4) is 0 Å². The van der Waals surface area contributed by atoms with E-state index in [1.807, 2.05) is 48.7 Å². The number of nitrogens with zero attached hydrogens (tertiary/aromatic N) is 2. The number of hydrogen-bond donors (Lipinski definition) is 0. The Morgan fingerprint density at radius 1 is 1.16 bits per heavy atom. The van der Waals surface area contributed by atoms with E-state index in [0.29, 0.717) is 0 Å². The molecule has 97 valence electrons. The minimum atomic E-state index is -0.771. The van der Waals surface area contributed by atoms with Gasteiger partial charge in [0, 0.05) is 24.5 Å². The molecule has 1 radical (unpaired) electrons. The van der Waals surface area contributed by atoms with Crippen LogP contribution >= 0.6 is 0 Å². The van der Waals surface area contributed by atoms with Crippen molar-refractivity contribution in [1.29, 1.82) is 0 Å². The van der Waals surface area contributed by atoms with Crippen LogP contribution in [0, 0.1) is 0 Å². The van der Waals surface area contributed by atoms with Gasteiger partial charge >= 0.3 is 0 Å². The Bertz CT molecular complexity index is 541. The molecule has 1 aromatic heterocycles. The second-order valence-electron chi connectivity index (χ2n) is 4.31. The van der Waals surface area contributed by atoms with Gasteiger partial charge in [-0.05, 0) is 37.4 Å². The molecule has 1 heterocycles. The smallest absolute Gasteiger partial charge is 0.274 e. The van der Waals surface area contributed by atoms with Crippen molar-refractivity contribution in [3.63, 3.8) is 0 Å². The van der Waals surface area contributed by atoms with Crippen molar-refractivity contribution in [2.24, 2.45) is 4.99 Å². The van der Waals surface area contributed by atoms with Crippen LogP contribution in [0.1, 0.15) is 5.69 Å². The summed E-state index contributed by atoms with van der Waals surface area (Å²) in [5.41, 5.74) is 1.89. The van der Waals surface area contributed by atoms with E-state index in [-0.39, 0.29) is 0 Å². The molecule has 1 aromatic carbocycles. The molecule has 2 aromatic rings. The monoisotopic (exact) mass is 269 g/mol. The summed E-state index contributed by atoms with van der Waals surface area (Å²) in [6.45, 7) is 4.22. The van der Waals surface area contributed by atoms with Gasteiger partial charge in [-0.25, -0.2) is 0 Å². The zero-order chi connectivity index (χ0) is 13.5. The largest absolute Gasteiger partial charge is 0.541 e. The van der Waals surface area contributed by atoms with Crippen LogP contribution in [-0.4, -0.2) is 20.2 Å². The molecule has 0 aliphatic rings. The lowest BCUT2D eigenvalue weighted by Gasteiger charge is -2.10. The molecule has 0 saturated carbocycles. The summed E-state index contributed by atoms with van der Waals surface area (Å²) in [6, 6.07) is 13.8. The fourth-order valence-electron chi connectivity index (χ4n) is 1.63. The highest BCUT2D eigenvalue weighted by Crippen LogP contribution is 2.26. The molecule has 0 aliphatic heterocycles. The van der Waals surface area contributed by atoms with Crippen LogP contribution in [0.15, 0.2) is 53.7 Å². The Morgan fingerprint density at radius 2 is 1.95 bits per heavy atom. The van der Waals surface area contributed by atoms with Gasteiger partial charge in [0.05, 0.1) is 0 Å². The maximum absolute atomic E-state index is 5.82. The van der Waals surface area contributed by atoms with E-state index in [1.54, 1.807) is 6.20 Å². The molecule has 0 bridgehead atoms. The van der Waals surface area contributed by atoms with Gasteiger partial charge in [0.15, 0.2) is 0 Å². The minimum absolute atomic E-state index is 0.727. The van der Waals surface area contributed by atoms with Crippen LogP contribution in [-0.2, 0) is 6.42 Å². The Hall–Kier alpha value is -1.94. The number of aromatic nitrogens is 1. The number of rotatable bonds is 5. The Kier molecular flexibility index (Phi) is 4.86. The van der Waals surface area contributed by atoms with Crippen LogP contribution in [0.4, 0.5) is 5.69 Å². The van der Waals surface area contributed by atoms with Gasteiger partial charge in [-0.1, -0.05) is 18.2 Å². The van der Waals surface area contributed by atoms with E-state index in [2.05, 4.69) is 23.1 Å². The molecule has 3 nitrogen and oxygen atoms in total. The molecular weight excluding hydrogens is 252 g/mol. The lowest BCUT2D eigenvalue weighted by molar-refractivity contribution is 0.582. The van der Waals surface area contributed by atoms with Gasteiger partial charge in [-0.3, -0.25) is 9.98 Å². The summed E-state index contributed by atoms with van der Waals surface area (Å²) in [5.74, 6) is 0.860. The first-order valence-corrected chi connectivity index (χ1v) is 8.66. The molecular formula is C15H17N2OSi. The van der Waals surface area contributed by atoms with E-state index in [9.17, 15) is 0 Å². The fourth-order valence-corrected chi connectivity index (χ4v) is 2.24. The number of para-hydroxylation sites is 2. The van der Waals surface area contributed by atoms with Crippen molar-refractivity contribution >= 4 is 20.9 Å². The number of benzene rings is 1.